The highest BCUT2D eigenvalue weighted by molar-refractivity contribution is 5.98. The van der Waals surface area contributed by atoms with Crippen molar-refractivity contribution < 1.29 is 9.18 Å². The lowest BCUT2D eigenvalue weighted by atomic mass is 9.81. The van der Waals surface area contributed by atoms with Gasteiger partial charge in [0.25, 0.3) is 0 Å². The van der Waals surface area contributed by atoms with Gasteiger partial charge in [-0.3, -0.25) is 9.78 Å². The molecule has 1 heterocycles. The Bertz CT molecular complexity index is 518. The molecule has 0 aliphatic heterocycles. The fourth-order valence-corrected chi connectivity index (χ4v) is 3.20. The molecule has 2 rings (SSSR count). The SMILES string of the molecule is CC=Cc1cc(C(=O)C(C)CC2CCCCC2)c(F)cn1. The summed E-state index contributed by atoms with van der Waals surface area (Å²) in [6.07, 6.45) is 11.9. The summed E-state index contributed by atoms with van der Waals surface area (Å²) in [6, 6.07) is 1.56. The van der Waals surface area contributed by atoms with E-state index in [-0.39, 0.29) is 17.3 Å². The molecule has 1 atom stereocenters. The third kappa shape index (κ3) is 4.23. The maximum absolute atomic E-state index is 13.9. The van der Waals surface area contributed by atoms with Crippen molar-refractivity contribution in [2.24, 2.45) is 11.8 Å². The Morgan fingerprint density at radius 3 is 2.81 bits per heavy atom. The van der Waals surface area contributed by atoms with E-state index in [1.807, 2.05) is 19.9 Å². The maximum Gasteiger partial charge on any atom is 0.168 e. The Morgan fingerprint density at radius 1 is 1.43 bits per heavy atom. The van der Waals surface area contributed by atoms with E-state index in [1.54, 1.807) is 12.1 Å². The molecule has 3 heteroatoms. The zero-order valence-corrected chi connectivity index (χ0v) is 12.9. The molecule has 0 amide bonds. The van der Waals surface area contributed by atoms with Crippen LogP contribution in [0.4, 0.5) is 4.39 Å². The van der Waals surface area contributed by atoms with Crippen molar-refractivity contribution in [1.82, 2.24) is 4.98 Å². The highest BCUT2D eigenvalue weighted by Gasteiger charge is 2.23. The quantitative estimate of drug-likeness (QED) is 0.710. The van der Waals surface area contributed by atoms with E-state index in [1.165, 1.54) is 32.1 Å². The fraction of sp³-hybridized carbons (Fsp3) is 0.556. The molecule has 2 nitrogen and oxygen atoms in total. The summed E-state index contributed by atoms with van der Waals surface area (Å²) in [5.74, 6) is -0.101. The molecule has 1 aromatic rings. The molecular weight excluding hydrogens is 265 g/mol. The van der Waals surface area contributed by atoms with Crippen molar-refractivity contribution in [1.29, 1.82) is 0 Å². The van der Waals surface area contributed by atoms with Gasteiger partial charge < -0.3 is 0 Å². The Hall–Kier alpha value is -1.51. The average Bonchev–Trinajstić information content (AvgIpc) is 2.50. The van der Waals surface area contributed by atoms with Gasteiger partial charge in [0.15, 0.2) is 11.6 Å². The lowest BCUT2D eigenvalue weighted by Crippen LogP contribution is -2.19. The molecule has 0 spiro atoms. The molecule has 1 unspecified atom stereocenters. The first-order valence-electron chi connectivity index (χ1n) is 7.94. The van der Waals surface area contributed by atoms with Crippen LogP contribution < -0.4 is 0 Å². The van der Waals surface area contributed by atoms with Crippen molar-refractivity contribution in [2.75, 3.05) is 0 Å². The second kappa shape index (κ2) is 7.48. The Balaban J connectivity index is 2.08. The molecule has 21 heavy (non-hydrogen) atoms. The summed E-state index contributed by atoms with van der Waals surface area (Å²) >= 11 is 0. The molecule has 0 bridgehead atoms. The van der Waals surface area contributed by atoms with Gasteiger partial charge in [-0.1, -0.05) is 45.1 Å². The minimum absolute atomic E-state index is 0.0915. The Labute approximate surface area is 126 Å². The monoisotopic (exact) mass is 289 g/mol. The standard InChI is InChI=1S/C18H24FNO/c1-3-7-15-11-16(17(19)12-20-15)18(21)13(2)10-14-8-5-4-6-9-14/h3,7,11-14H,4-6,8-10H2,1-2H3. The van der Waals surface area contributed by atoms with Crippen molar-refractivity contribution in [2.45, 2.75) is 52.4 Å². The molecule has 0 aromatic carbocycles. The van der Waals surface area contributed by atoms with Crippen LogP contribution in [0.5, 0.6) is 0 Å². The summed E-state index contributed by atoms with van der Waals surface area (Å²) in [6.45, 7) is 3.80. The van der Waals surface area contributed by atoms with E-state index >= 15 is 0 Å². The minimum Gasteiger partial charge on any atom is -0.294 e. The first-order valence-corrected chi connectivity index (χ1v) is 7.94. The van der Waals surface area contributed by atoms with Gasteiger partial charge in [0.05, 0.1) is 17.5 Å². The molecule has 114 valence electrons. The Kier molecular flexibility index (Phi) is 5.66. The second-order valence-corrected chi connectivity index (χ2v) is 6.09. The predicted molar refractivity (Wildman–Crippen MR) is 83.6 cm³/mol. The number of ketones is 1. The van der Waals surface area contributed by atoms with Crippen LogP contribution in [0, 0.1) is 17.7 Å². The predicted octanol–water partition coefficient (Wildman–Crippen LogP) is 5.04. The van der Waals surface area contributed by atoms with Gasteiger partial charge >= 0.3 is 0 Å². The number of pyridine rings is 1. The molecule has 1 aliphatic carbocycles. The molecular formula is C18H24FNO. The number of rotatable bonds is 5. The van der Waals surface area contributed by atoms with Gasteiger partial charge in [-0.2, -0.15) is 0 Å². The van der Waals surface area contributed by atoms with E-state index in [0.29, 0.717) is 11.6 Å². The van der Waals surface area contributed by atoms with Gasteiger partial charge in [0.2, 0.25) is 0 Å². The summed E-state index contributed by atoms with van der Waals surface area (Å²) < 4.78 is 13.9. The van der Waals surface area contributed by atoms with Crippen LogP contribution in [-0.4, -0.2) is 10.8 Å². The number of carbonyl (C=O) groups is 1. The number of aromatic nitrogens is 1. The highest BCUT2D eigenvalue weighted by atomic mass is 19.1. The topological polar surface area (TPSA) is 30.0 Å². The van der Waals surface area contributed by atoms with Gasteiger partial charge in [-0.05, 0) is 31.4 Å². The number of nitrogens with zero attached hydrogens (tertiary/aromatic N) is 1. The lowest BCUT2D eigenvalue weighted by Gasteiger charge is -2.24. The number of allylic oxidation sites excluding steroid dienone is 1. The largest absolute Gasteiger partial charge is 0.294 e. The molecule has 1 saturated carbocycles. The summed E-state index contributed by atoms with van der Waals surface area (Å²) in [4.78, 5) is 16.5. The zero-order valence-electron chi connectivity index (χ0n) is 12.9. The minimum atomic E-state index is -0.510. The third-order valence-electron chi connectivity index (χ3n) is 4.34. The van der Waals surface area contributed by atoms with E-state index in [4.69, 9.17) is 0 Å². The number of Topliss-reactive ketones (excluding diaryl/α,β-unsaturated/α-hetero) is 1. The van der Waals surface area contributed by atoms with Gasteiger partial charge in [-0.15, -0.1) is 0 Å². The molecule has 0 radical (unpaired) electrons. The summed E-state index contributed by atoms with van der Waals surface area (Å²) in [5.41, 5.74) is 0.813. The van der Waals surface area contributed by atoms with Crippen LogP contribution in [0.1, 0.15) is 68.4 Å². The van der Waals surface area contributed by atoms with Crippen LogP contribution in [0.3, 0.4) is 0 Å². The van der Waals surface area contributed by atoms with Crippen molar-refractivity contribution in [3.63, 3.8) is 0 Å². The van der Waals surface area contributed by atoms with E-state index in [9.17, 15) is 9.18 Å². The third-order valence-corrected chi connectivity index (χ3v) is 4.34. The molecule has 0 N–H and O–H groups in total. The second-order valence-electron chi connectivity index (χ2n) is 6.09. The average molecular weight is 289 g/mol. The summed E-state index contributed by atoms with van der Waals surface area (Å²) in [5, 5.41) is 0. The summed E-state index contributed by atoms with van der Waals surface area (Å²) in [7, 11) is 0. The van der Waals surface area contributed by atoms with Crippen LogP contribution in [0.15, 0.2) is 18.3 Å². The number of carbonyl (C=O) groups excluding carboxylic acids is 1. The fourth-order valence-electron chi connectivity index (χ4n) is 3.20. The van der Waals surface area contributed by atoms with Crippen molar-refractivity contribution in [3.8, 4) is 0 Å². The highest BCUT2D eigenvalue weighted by Crippen LogP contribution is 2.30. The smallest absolute Gasteiger partial charge is 0.168 e. The van der Waals surface area contributed by atoms with Crippen LogP contribution in [0.25, 0.3) is 6.08 Å². The van der Waals surface area contributed by atoms with Crippen molar-refractivity contribution in [3.05, 3.63) is 35.4 Å². The van der Waals surface area contributed by atoms with Crippen molar-refractivity contribution >= 4 is 11.9 Å². The molecule has 1 fully saturated rings. The zero-order chi connectivity index (χ0) is 15.2. The van der Waals surface area contributed by atoms with E-state index in [2.05, 4.69) is 4.98 Å². The normalized spacial score (nSPS) is 18.0. The Morgan fingerprint density at radius 2 is 2.14 bits per heavy atom. The number of hydrogen-bond acceptors (Lipinski definition) is 2. The maximum atomic E-state index is 13.9. The van der Waals surface area contributed by atoms with E-state index < -0.39 is 5.82 Å². The first kappa shape index (κ1) is 15.9. The van der Waals surface area contributed by atoms with Gasteiger partial charge in [-0.25, -0.2) is 4.39 Å². The first-order chi connectivity index (χ1) is 10.1. The van der Waals surface area contributed by atoms with Crippen LogP contribution in [0.2, 0.25) is 0 Å². The number of hydrogen-bond donors (Lipinski definition) is 0. The van der Waals surface area contributed by atoms with Crippen LogP contribution >= 0.6 is 0 Å². The van der Waals surface area contributed by atoms with Crippen LogP contribution in [-0.2, 0) is 0 Å². The molecule has 0 saturated heterocycles. The number of halogens is 1. The molecule has 1 aromatic heterocycles. The lowest BCUT2D eigenvalue weighted by molar-refractivity contribution is 0.0901. The molecule has 1 aliphatic rings. The van der Waals surface area contributed by atoms with E-state index in [0.717, 1.165) is 12.6 Å². The van der Waals surface area contributed by atoms with Gasteiger partial charge in [0.1, 0.15) is 0 Å². The van der Waals surface area contributed by atoms with Gasteiger partial charge in [0, 0.05) is 5.92 Å².